The summed E-state index contributed by atoms with van der Waals surface area (Å²) in [5.74, 6) is 1.60. The first-order valence-electron chi connectivity index (χ1n) is 7.38. The molecule has 1 atom stereocenters. The van der Waals surface area contributed by atoms with Crippen LogP contribution in [0.2, 0.25) is 0 Å². The molecule has 1 aromatic carbocycles. The lowest BCUT2D eigenvalue weighted by atomic mass is 9.78. The van der Waals surface area contributed by atoms with Crippen molar-refractivity contribution in [3.05, 3.63) is 42.2 Å². The lowest BCUT2D eigenvalue weighted by Gasteiger charge is -2.29. The molecule has 0 amide bonds. The van der Waals surface area contributed by atoms with Crippen molar-refractivity contribution in [1.29, 1.82) is 0 Å². The maximum absolute atomic E-state index is 14.1. The molecule has 2 heterocycles. The number of halogens is 1. The fourth-order valence-corrected chi connectivity index (χ4v) is 2.58. The van der Waals surface area contributed by atoms with Crippen LogP contribution < -0.4 is 0 Å². The van der Waals surface area contributed by atoms with E-state index in [9.17, 15) is 4.39 Å². The number of hydrogen-bond donors (Lipinski definition) is 0. The van der Waals surface area contributed by atoms with E-state index in [1.165, 1.54) is 0 Å². The number of rotatable bonds is 3. The highest BCUT2D eigenvalue weighted by atomic mass is 19.1. The minimum atomic E-state index is -0.968. The molecule has 0 fully saturated rings. The molecule has 5 heteroatoms. The Balaban J connectivity index is 2.13. The molecule has 0 spiro atoms. The highest BCUT2D eigenvalue weighted by Crippen LogP contribution is 2.36. The quantitative estimate of drug-likeness (QED) is 0.849. The summed E-state index contributed by atoms with van der Waals surface area (Å²) in [5, 5.41) is 8.04. The summed E-state index contributed by atoms with van der Waals surface area (Å²) < 4.78 is 16.0. The summed E-state index contributed by atoms with van der Waals surface area (Å²) in [6.07, 6.45) is 5.07. The molecular weight excluding hydrogens is 279 g/mol. The van der Waals surface area contributed by atoms with E-state index in [2.05, 4.69) is 15.2 Å². The van der Waals surface area contributed by atoms with Crippen LogP contribution in [-0.2, 0) is 5.41 Å². The van der Waals surface area contributed by atoms with Crippen molar-refractivity contribution >= 4 is 12.1 Å². The van der Waals surface area contributed by atoms with Crippen LogP contribution in [0, 0.1) is 0 Å². The molecule has 0 radical (unpaired) electrons. The van der Waals surface area contributed by atoms with Crippen molar-refractivity contribution in [2.45, 2.75) is 38.8 Å². The SMILES string of the molecule is C[C@@H](F)C(C)(C)c1ccccc1-c1nccn1C1=NN=CC1. The van der Waals surface area contributed by atoms with Gasteiger partial charge in [0.05, 0.1) is 0 Å². The van der Waals surface area contributed by atoms with Gasteiger partial charge in [0, 0.05) is 36.0 Å². The molecular formula is C17H19FN4. The highest BCUT2D eigenvalue weighted by Gasteiger charge is 2.31. The summed E-state index contributed by atoms with van der Waals surface area (Å²) in [6.45, 7) is 5.43. The van der Waals surface area contributed by atoms with E-state index >= 15 is 0 Å². The highest BCUT2D eigenvalue weighted by molar-refractivity contribution is 5.99. The van der Waals surface area contributed by atoms with Crippen LogP contribution in [0.5, 0.6) is 0 Å². The van der Waals surface area contributed by atoms with Crippen LogP contribution in [0.3, 0.4) is 0 Å². The molecule has 1 aromatic heterocycles. The number of hydrogen-bond acceptors (Lipinski definition) is 3. The molecule has 1 aliphatic rings. The average Bonchev–Trinajstić information content (AvgIpc) is 3.17. The monoisotopic (exact) mass is 298 g/mol. The Morgan fingerprint density at radius 3 is 2.73 bits per heavy atom. The molecule has 114 valence electrons. The van der Waals surface area contributed by atoms with Crippen molar-refractivity contribution in [1.82, 2.24) is 9.55 Å². The number of benzene rings is 1. The van der Waals surface area contributed by atoms with Gasteiger partial charge in [-0.3, -0.25) is 4.57 Å². The Morgan fingerprint density at radius 2 is 2.05 bits per heavy atom. The van der Waals surface area contributed by atoms with Crippen molar-refractivity contribution in [2.75, 3.05) is 0 Å². The molecule has 0 bridgehead atoms. The first-order chi connectivity index (χ1) is 10.5. The normalized spacial score (nSPS) is 15.9. The average molecular weight is 298 g/mol. The summed E-state index contributed by atoms with van der Waals surface area (Å²) in [5.41, 5.74) is 1.27. The summed E-state index contributed by atoms with van der Waals surface area (Å²) in [4.78, 5) is 4.47. The van der Waals surface area contributed by atoms with Gasteiger partial charge in [-0.15, -0.1) is 5.10 Å². The molecule has 0 aliphatic carbocycles. The van der Waals surface area contributed by atoms with E-state index in [0.29, 0.717) is 6.42 Å². The van der Waals surface area contributed by atoms with Gasteiger partial charge in [0.25, 0.3) is 0 Å². The smallest absolute Gasteiger partial charge is 0.145 e. The van der Waals surface area contributed by atoms with Gasteiger partial charge < -0.3 is 0 Å². The van der Waals surface area contributed by atoms with Crippen LogP contribution in [0.1, 0.15) is 32.8 Å². The van der Waals surface area contributed by atoms with Crippen molar-refractivity contribution in [3.63, 3.8) is 0 Å². The third-order valence-electron chi connectivity index (χ3n) is 4.30. The van der Waals surface area contributed by atoms with Gasteiger partial charge in [0.1, 0.15) is 17.8 Å². The fraction of sp³-hybridized carbons (Fsp3) is 0.353. The molecule has 0 saturated heterocycles. The molecule has 1 aliphatic heterocycles. The third-order valence-corrected chi connectivity index (χ3v) is 4.30. The number of nitrogens with zero attached hydrogens (tertiary/aromatic N) is 4. The Morgan fingerprint density at radius 1 is 1.27 bits per heavy atom. The van der Waals surface area contributed by atoms with Crippen molar-refractivity contribution < 1.29 is 4.39 Å². The van der Waals surface area contributed by atoms with E-state index in [1.807, 2.05) is 48.9 Å². The van der Waals surface area contributed by atoms with Gasteiger partial charge in [-0.05, 0) is 12.5 Å². The molecule has 2 aromatic rings. The van der Waals surface area contributed by atoms with Gasteiger partial charge in [-0.1, -0.05) is 38.1 Å². The molecule has 0 saturated carbocycles. The van der Waals surface area contributed by atoms with Crippen LogP contribution in [0.4, 0.5) is 4.39 Å². The van der Waals surface area contributed by atoms with E-state index < -0.39 is 11.6 Å². The maximum atomic E-state index is 14.1. The zero-order valence-electron chi connectivity index (χ0n) is 13.0. The number of imidazole rings is 1. The second kappa shape index (κ2) is 5.48. The fourth-order valence-electron chi connectivity index (χ4n) is 2.58. The van der Waals surface area contributed by atoms with Crippen LogP contribution >= 0.6 is 0 Å². The molecule has 4 nitrogen and oxygen atoms in total. The summed E-state index contributed by atoms with van der Waals surface area (Å²) in [6, 6.07) is 7.84. The predicted molar refractivity (Wildman–Crippen MR) is 87.2 cm³/mol. The Bertz CT molecular complexity index is 741. The maximum Gasteiger partial charge on any atom is 0.145 e. The van der Waals surface area contributed by atoms with E-state index in [4.69, 9.17) is 0 Å². The van der Waals surface area contributed by atoms with E-state index in [-0.39, 0.29) is 0 Å². The second-order valence-electron chi connectivity index (χ2n) is 6.02. The second-order valence-corrected chi connectivity index (χ2v) is 6.02. The predicted octanol–water partition coefficient (Wildman–Crippen LogP) is 3.82. The van der Waals surface area contributed by atoms with Gasteiger partial charge in [-0.25, -0.2) is 9.37 Å². The topological polar surface area (TPSA) is 42.5 Å². The van der Waals surface area contributed by atoms with Gasteiger partial charge >= 0.3 is 0 Å². The molecule has 0 N–H and O–H groups in total. The van der Waals surface area contributed by atoms with Crippen molar-refractivity contribution in [2.24, 2.45) is 10.2 Å². The van der Waals surface area contributed by atoms with Gasteiger partial charge in [0.15, 0.2) is 0 Å². The van der Waals surface area contributed by atoms with Crippen LogP contribution in [0.15, 0.2) is 46.9 Å². The largest absolute Gasteiger partial charge is 0.286 e. The van der Waals surface area contributed by atoms with Crippen molar-refractivity contribution in [3.8, 4) is 11.4 Å². The van der Waals surface area contributed by atoms with E-state index in [0.717, 1.165) is 22.8 Å². The minimum absolute atomic E-state index is 0.596. The lowest BCUT2D eigenvalue weighted by Crippen LogP contribution is -2.29. The Kier molecular flexibility index (Phi) is 3.64. The molecule has 0 unspecified atom stereocenters. The Labute approximate surface area is 129 Å². The first-order valence-corrected chi connectivity index (χ1v) is 7.38. The Hall–Kier alpha value is -2.30. The van der Waals surface area contributed by atoms with Crippen LogP contribution in [-0.4, -0.2) is 27.8 Å². The zero-order valence-corrected chi connectivity index (χ0v) is 13.0. The van der Waals surface area contributed by atoms with Gasteiger partial charge in [-0.2, -0.15) is 5.10 Å². The van der Waals surface area contributed by atoms with E-state index in [1.54, 1.807) is 19.3 Å². The third kappa shape index (κ3) is 2.36. The minimum Gasteiger partial charge on any atom is -0.286 e. The van der Waals surface area contributed by atoms with Gasteiger partial charge in [0.2, 0.25) is 0 Å². The summed E-state index contributed by atoms with van der Waals surface area (Å²) in [7, 11) is 0. The molecule has 22 heavy (non-hydrogen) atoms. The number of aromatic nitrogens is 2. The zero-order chi connectivity index (χ0) is 15.7. The summed E-state index contributed by atoms with van der Waals surface area (Å²) >= 11 is 0. The first kappa shape index (κ1) is 14.6. The standard InChI is InChI=1S/C17H19FN4/c1-12(18)17(2,3)14-7-5-4-6-13(14)16-19-10-11-22(16)15-8-9-20-21-15/h4-7,9-12H,8H2,1-3H3/t12-/m1/s1. The molecule has 3 rings (SSSR count). The lowest BCUT2D eigenvalue weighted by molar-refractivity contribution is 0.237. The van der Waals surface area contributed by atoms with Crippen LogP contribution in [0.25, 0.3) is 11.4 Å². The number of alkyl halides is 1.